The highest BCUT2D eigenvalue weighted by Crippen LogP contribution is 2.32. The fourth-order valence-electron chi connectivity index (χ4n) is 1.90. The number of rotatable bonds is 7. The van der Waals surface area contributed by atoms with Crippen LogP contribution in [0.3, 0.4) is 0 Å². The van der Waals surface area contributed by atoms with Crippen LogP contribution in [0.25, 0.3) is 0 Å². The molecule has 1 aliphatic carbocycles. The molecule has 1 saturated carbocycles. The number of nitrogens with zero attached hydrogens (tertiary/aromatic N) is 1. The van der Waals surface area contributed by atoms with E-state index in [1.165, 1.54) is 18.9 Å². The van der Waals surface area contributed by atoms with Crippen molar-refractivity contribution in [2.45, 2.75) is 25.9 Å². The molecule has 0 saturated heterocycles. The monoisotopic (exact) mass is 250 g/mol. The summed E-state index contributed by atoms with van der Waals surface area (Å²) < 4.78 is 5.59. The summed E-state index contributed by atoms with van der Waals surface area (Å²) in [5.74, 6) is 0.846. The van der Waals surface area contributed by atoms with Crippen LogP contribution in [-0.4, -0.2) is 18.6 Å². The van der Waals surface area contributed by atoms with Crippen LogP contribution < -0.4 is 5.32 Å². The molecule has 2 rings (SSSR count). The van der Waals surface area contributed by atoms with Crippen molar-refractivity contribution in [3.05, 3.63) is 33.9 Å². The van der Waals surface area contributed by atoms with E-state index in [0.717, 1.165) is 30.2 Å². The van der Waals surface area contributed by atoms with Gasteiger partial charge in [-0.2, -0.15) is 0 Å². The Hall–Kier alpha value is -1.62. The number of hydrogen-bond donors (Lipinski definition) is 1. The molecule has 0 heterocycles. The number of benzene rings is 1. The Morgan fingerprint density at radius 3 is 2.89 bits per heavy atom. The number of hydrogen-bond acceptors (Lipinski definition) is 4. The van der Waals surface area contributed by atoms with E-state index in [-0.39, 0.29) is 10.6 Å². The van der Waals surface area contributed by atoms with Gasteiger partial charge in [0.15, 0.2) is 0 Å². The van der Waals surface area contributed by atoms with Crippen LogP contribution in [0.4, 0.5) is 11.4 Å². The van der Waals surface area contributed by atoms with Gasteiger partial charge in [0, 0.05) is 37.0 Å². The smallest absolute Gasteiger partial charge is 0.269 e. The van der Waals surface area contributed by atoms with Crippen LogP contribution in [0, 0.1) is 16.0 Å². The first-order valence-corrected chi connectivity index (χ1v) is 6.23. The minimum Gasteiger partial charge on any atom is -0.388 e. The summed E-state index contributed by atoms with van der Waals surface area (Å²) in [4.78, 5) is 10.3. The Kier molecular flexibility index (Phi) is 4.15. The number of ether oxygens (including phenoxy) is 1. The van der Waals surface area contributed by atoms with E-state index >= 15 is 0 Å². The summed E-state index contributed by atoms with van der Waals surface area (Å²) in [6, 6.07) is 4.79. The zero-order valence-corrected chi connectivity index (χ0v) is 10.5. The van der Waals surface area contributed by atoms with Gasteiger partial charge in [-0.15, -0.1) is 0 Å². The van der Waals surface area contributed by atoms with Gasteiger partial charge >= 0.3 is 0 Å². The van der Waals surface area contributed by atoms with Gasteiger partial charge in [0.05, 0.1) is 11.5 Å². The lowest BCUT2D eigenvalue weighted by atomic mass is 10.1. The van der Waals surface area contributed by atoms with Crippen molar-refractivity contribution in [3.8, 4) is 0 Å². The molecule has 0 spiro atoms. The van der Waals surface area contributed by atoms with Crippen molar-refractivity contribution >= 4 is 11.4 Å². The predicted molar refractivity (Wildman–Crippen MR) is 69.6 cm³/mol. The SMILES string of the molecule is CNc1ccc([N+](=O)[O-])cc1COCCC1CC1. The normalized spacial score (nSPS) is 14.5. The average Bonchev–Trinajstić information content (AvgIpc) is 3.18. The van der Waals surface area contributed by atoms with E-state index in [1.54, 1.807) is 19.2 Å². The van der Waals surface area contributed by atoms with Gasteiger partial charge in [-0.3, -0.25) is 10.1 Å². The number of nitro groups is 1. The maximum absolute atomic E-state index is 10.7. The van der Waals surface area contributed by atoms with E-state index in [2.05, 4.69) is 5.32 Å². The zero-order valence-electron chi connectivity index (χ0n) is 10.5. The maximum atomic E-state index is 10.7. The third-order valence-electron chi connectivity index (χ3n) is 3.19. The van der Waals surface area contributed by atoms with Gasteiger partial charge in [-0.05, 0) is 18.4 Å². The number of non-ortho nitro benzene ring substituents is 1. The van der Waals surface area contributed by atoms with E-state index in [1.807, 2.05) is 0 Å². The molecule has 1 aromatic carbocycles. The third kappa shape index (κ3) is 3.43. The molecule has 0 aliphatic heterocycles. The standard InChI is InChI=1S/C13H18N2O3/c1-14-13-5-4-12(15(16)17)8-11(13)9-18-7-6-10-2-3-10/h4-5,8,10,14H,2-3,6-7,9H2,1H3. The second-order valence-corrected chi connectivity index (χ2v) is 4.63. The Bertz CT molecular complexity index is 430. The van der Waals surface area contributed by atoms with Crippen LogP contribution in [0.1, 0.15) is 24.8 Å². The quantitative estimate of drug-likeness (QED) is 0.459. The molecule has 0 atom stereocenters. The maximum Gasteiger partial charge on any atom is 0.269 e. The van der Waals surface area contributed by atoms with Crippen molar-refractivity contribution in [2.75, 3.05) is 19.0 Å². The lowest BCUT2D eigenvalue weighted by Crippen LogP contribution is -2.01. The minimum absolute atomic E-state index is 0.106. The molecule has 0 radical (unpaired) electrons. The van der Waals surface area contributed by atoms with Gasteiger partial charge in [0.25, 0.3) is 5.69 Å². The highest BCUT2D eigenvalue weighted by molar-refractivity contribution is 5.55. The average molecular weight is 250 g/mol. The van der Waals surface area contributed by atoms with E-state index in [9.17, 15) is 10.1 Å². The van der Waals surface area contributed by atoms with Crippen LogP contribution in [-0.2, 0) is 11.3 Å². The van der Waals surface area contributed by atoms with Gasteiger partial charge < -0.3 is 10.1 Å². The number of anilines is 1. The minimum atomic E-state index is -0.382. The first-order valence-electron chi connectivity index (χ1n) is 6.23. The molecule has 98 valence electrons. The highest BCUT2D eigenvalue weighted by Gasteiger charge is 2.20. The number of nitrogens with one attached hydrogen (secondary N) is 1. The first kappa shape index (κ1) is 12.8. The van der Waals surface area contributed by atoms with Crippen molar-refractivity contribution in [1.29, 1.82) is 0 Å². The second kappa shape index (κ2) is 5.82. The molecule has 5 heteroatoms. The summed E-state index contributed by atoms with van der Waals surface area (Å²) in [5, 5.41) is 13.7. The van der Waals surface area contributed by atoms with Crippen molar-refractivity contribution < 1.29 is 9.66 Å². The molecule has 5 nitrogen and oxygen atoms in total. The third-order valence-corrected chi connectivity index (χ3v) is 3.19. The lowest BCUT2D eigenvalue weighted by molar-refractivity contribution is -0.384. The fourth-order valence-corrected chi connectivity index (χ4v) is 1.90. The molecule has 1 N–H and O–H groups in total. The molecular formula is C13H18N2O3. The Morgan fingerprint density at radius 2 is 2.28 bits per heavy atom. The van der Waals surface area contributed by atoms with Gasteiger partial charge in [-0.25, -0.2) is 0 Å². The molecule has 0 amide bonds. The molecule has 0 unspecified atom stereocenters. The van der Waals surface area contributed by atoms with Gasteiger partial charge in [0.1, 0.15) is 0 Å². The predicted octanol–water partition coefficient (Wildman–Crippen LogP) is 2.95. The van der Waals surface area contributed by atoms with Gasteiger partial charge in [0.2, 0.25) is 0 Å². The molecule has 0 bridgehead atoms. The highest BCUT2D eigenvalue weighted by atomic mass is 16.6. The molecular weight excluding hydrogens is 232 g/mol. The first-order chi connectivity index (χ1) is 8.70. The molecule has 1 aromatic rings. The second-order valence-electron chi connectivity index (χ2n) is 4.63. The molecule has 1 fully saturated rings. The zero-order chi connectivity index (χ0) is 13.0. The van der Waals surface area contributed by atoms with Crippen molar-refractivity contribution in [1.82, 2.24) is 0 Å². The van der Waals surface area contributed by atoms with E-state index < -0.39 is 0 Å². The molecule has 0 aromatic heterocycles. The molecule has 1 aliphatic rings. The van der Waals surface area contributed by atoms with Crippen molar-refractivity contribution in [2.24, 2.45) is 5.92 Å². The summed E-state index contributed by atoms with van der Waals surface area (Å²) in [5.41, 5.74) is 1.82. The van der Waals surface area contributed by atoms with Crippen molar-refractivity contribution in [3.63, 3.8) is 0 Å². The Morgan fingerprint density at radius 1 is 1.50 bits per heavy atom. The summed E-state index contributed by atoms with van der Waals surface area (Å²) in [6.45, 7) is 1.15. The molecule has 18 heavy (non-hydrogen) atoms. The Labute approximate surface area is 106 Å². The summed E-state index contributed by atoms with van der Waals surface area (Å²) >= 11 is 0. The summed E-state index contributed by atoms with van der Waals surface area (Å²) in [7, 11) is 1.80. The Balaban J connectivity index is 1.94. The van der Waals surface area contributed by atoms with Gasteiger partial charge in [-0.1, -0.05) is 12.8 Å². The van der Waals surface area contributed by atoms with E-state index in [4.69, 9.17) is 4.74 Å². The van der Waals surface area contributed by atoms with Crippen LogP contribution in [0.15, 0.2) is 18.2 Å². The number of nitro benzene ring substituents is 1. The van der Waals surface area contributed by atoms with E-state index in [0.29, 0.717) is 6.61 Å². The van der Waals surface area contributed by atoms with Crippen LogP contribution in [0.2, 0.25) is 0 Å². The summed E-state index contributed by atoms with van der Waals surface area (Å²) in [6.07, 6.45) is 3.74. The fraction of sp³-hybridized carbons (Fsp3) is 0.538. The lowest BCUT2D eigenvalue weighted by Gasteiger charge is -2.09. The topological polar surface area (TPSA) is 64.4 Å². The van der Waals surface area contributed by atoms with Crippen LogP contribution >= 0.6 is 0 Å². The largest absolute Gasteiger partial charge is 0.388 e. The van der Waals surface area contributed by atoms with Crippen LogP contribution in [0.5, 0.6) is 0 Å².